The van der Waals surface area contributed by atoms with E-state index >= 15 is 0 Å². The van der Waals surface area contributed by atoms with E-state index in [2.05, 4.69) is 0 Å². The minimum Gasteiger partial charge on any atom is -0.393 e. The molecule has 0 aliphatic heterocycles. The zero-order chi connectivity index (χ0) is 10.8. The normalized spacial score (nSPS) is 17.8. The molecule has 0 aromatic heterocycles. The summed E-state index contributed by atoms with van der Waals surface area (Å²) in [5.41, 5.74) is 0.810. The Kier molecular flexibility index (Phi) is 3.27. The van der Waals surface area contributed by atoms with Crippen molar-refractivity contribution < 1.29 is 9.50 Å². The second-order valence-corrected chi connectivity index (χ2v) is 4.69. The van der Waals surface area contributed by atoms with Crippen molar-refractivity contribution in [2.24, 2.45) is 5.92 Å². The molecule has 0 saturated heterocycles. The Bertz CT molecular complexity index is 349. The van der Waals surface area contributed by atoms with Crippen LogP contribution in [0.4, 0.5) is 4.39 Å². The van der Waals surface area contributed by atoms with Gasteiger partial charge in [0.2, 0.25) is 0 Å². The van der Waals surface area contributed by atoms with Crippen molar-refractivity contribution in [1.29, 1.82) is 0 Å². The summed E-state index contributed by atoms with van der Waals surface area (Å²) in [7, 11) is 0. The van der Waals surface area contributed by atoms with E-state index in [1.807, 2.05) is 0 Å². The number of hydrogen-bond acceptors (Lipinski definition) is 1. The number of halogens is 2. The summed E-state index contributed by atoms with van der Waals surface area (Å²) in [6, 6.07) is 4.70. The first-order valence-corrected chi connectivity index (χ1v) is 5.65. The molecule has 0 spiro atoms. The molecule has 1 fully saturated rings. The lowest BCUT2D eigenvalue weighted by Gasteiger charge is -2.09. The molecule has 3 heteroatoms. The molecule has 82 valence electrons. The van der Waals surface area contributed by atoms with Gasteiger partial charge in [0.15, 0.2) is 0 Å². The van der Waals surface area contributed by atoms with E-state index in [0.717, 1.165) is 12.0 Å². The summed E-state index contributed by atoms with van der Waals surface area (Å²) in [4.78, 5) is 0. The van der Waals surface area contributed by atoms with E-state index in [0.29, 0.717) is 12.3 Å². The smallest absolute Gasteiger partial charge is 0.142 e. The maximum Gasteiger partial charge on any atom is 0.142 e. The molecule has 1 atom stereocenters. The Morgan fingerprint density at radius 1 is 1.47 bits per heavy atom. The van der Waals surface area contributed by atoms with E-state index in [1.54, 1.807) is 6.07 Å². The largest absolute Gasteiger partial charge is 0.393 e. The molecule has 2 rings (SSSR count). The van der Waals surface area contributed by atoms with Crippen LogP contribution in [0.3, 0.4) is 0 Å². The number of hydrogen-bond donors (Lipinski definition) is 1. The number of rotatable bonds is 4. The van der Waals surface area contributed by atoms with Crippen LogP contribution in [0, 0.1) is 11.7 Å². The van der Waals surface area contributed by atoms with Crippen molar-refractivity contribution in [2.45, 2.75) is 31.8 Å². The van der Waals surface area contributed by atoms with Crippen LogP contribution >= 0.6 is 11.6 Å². The zero-order valence-corrected chi connectivity index (χ0v) is 9.17. The maximum absolute atomic E-state index is 13.1. The number of aliphatic hydroxyl groups excluding tert-OH is 1. The van der Waals surface area contributed by atoms with Gasteiger partial charge in [-0.15, -0.1) is 0 Å². The first kappa shape index (κ1) is 10.9. The minimum absolute atomic E-state index is 0.135. The highest BCUT2D eigenvalue weighted by Crippen LogP contribution is 2.34. The van der Waals surface area contributed by atoms with Crippen LogP contribution < -0.4 is 0 Å². The summed E-state index contributed by atoms with van der Waals surface area (Å²) >= 11 is 5.57. The van der Waals surface area contributed by atoms with E-state index in [1.165, 1.54) is 25.0 Å². The predicted octanol–water partition coefficient (Wildman–Crippen LogP) is 3.18. The van der Waals surface area contributed by atoms with Crippen molar-refractivity contribution in [3.63, 3.8) is 0 Å². The van der Waals surface area contributed by atoms with Crippen LogP contribution in [0.15, 0.2) is 18.2 Å². The summed E-state index contributed by atoms with van der Waals surface area (Å²) in [5.74, 6) is 0.282. The van der Waals surface area contributed by atoms with Crippen molar-refractivity contribution in [1.82, 2.24) is 0 Å². The van der Waals surface area contributed by atoms with Crippen molar-refractivity contribution in [3.8, 4) is 0 Å². The van der Waals surface area contributed by atoms with Crippen molar-refractivity contribution in [3.05, 3.63) is 34.6 Å². The van der Waals surface area contributed by atoms with Crippen LogP contribution in [-0.4, -0.2) is 11.2 Å². The fourth-order valence-electron chi connectivity index (χ4n) is 1.76. The first-order chi connectivity index (χ1) is 7.15. The lowest BCUT2D eigenvalue weighted by Crippen LogP contribution is -2.11. The number of aliphatic hydroxyl groups is 1. The van der Waals surface area contributed by atoms with Crippen molar-refractivity contribution >= 4 is 11.6 Å². The highest BCUT2D eigenvalue weighted by atomic mass is 35.5. The molecule has 1 aliphatic carbocycles. The summed E-state index contributed by atoms with van der Waals surface area (Å²) in [6.45, 7) is 0. The van der Waals surface area contributed by atoms with Gasteiger partial charge in [-0.05, 0) is 36.5 Å². The van der Waals surface area contributed by atoms with E-state index in [9.17, 15) is 9.50 Å². The van der Waals surface area contributed by atoms with Crippen LogP contribution in [0.25, 0.3) is 0 Å². The highest BCUT2D eigenvalue weighted by Gasteiger charge is 2.24. The molecule has 1 aliphatic rings. The van der Waals surface area contributed by atoms with Gasteiger partial charge in [-0.25, -0.2) is 4.39 Å². The SMILES string of the molecule is OC(Cc1ccc(Cl)c(F)c1)CC1CC1. The van der Waals surface area contributed by atoms with Crippen LogP contribution in [0.5, 0.6) is 0 Å². The predicted molar refractivity (Wildman–Crippen MR) is 58.5 cm³/mol. The molecule has 0 bridgehead atoms. The van der Waals surface area contributed by atoms with Crippen LogP contribution in [-0.2, 0) is 6.42 Å². The molecule has 1 saturated carbocycles. The summed E-state index contributed by atoms with van der Waals surface area (Å²) in [6.07, 6.45) is 3.46. The van der Waals surface area contributed by atoms with Gasteiger partial charge in [-0.2, -0.15) is 0 Å². The minimum atomic E-state index is -0.409. The molecular weight excluding hydrogens is 215 g/mol. The summed E-state index contributed by atoms with van der Waals surface area (Å²) < 4.78 is 13.1. The Morgan fingerprint density at radius 2 is 2.20 bits per heavy atom. The quantitative estimate of drug-likeness (QED) is 0.839. The topological polar surface area (TPSA) is 20.2 Å². The Morgan fingerprint density at radius 3 is 2.80 bits per heavy atom. The van der Waals surface area contributed by atoms with Gasteiger partial charge >= 0.3 is 0 Å². The Balaban J connectivity index is 1.93. The third kappa shape index (κ3) is 3.18. The van der Waals surface area contributed by atoms with Gasteiger partial charge in [0.1, 0.15) is 5.82 Å². The zero-order valence-electron chi connectivity index (χ0n) is 8.42. The van der Waals surface area contributed by atoms with Gasteiger partial charge < -0.3 is 5.11 Å². The van der Waals surface area contributed by atoms with Gasteiger partial charge in [0.05, 0.1) is 11.1 Å². The monoisotopic (exact) mass is 228 g/mol. The Hall–Kier alpha value is -0.600. The molecular formula is C12H14ClFO. The van der Waals surface area contributed by atoms with E-state index in [4.69, 9.17) is 11.6 Å². The Labute approximate surface area is 93.9 Å². The number of benzene rings is 1. The van der Waals surface area contributed by atoms with Crippen LogP contribution in [0.1, 0.15) is 24.8 Å². The molecule has 0 heterocycles. The van der Waals surface area contributed by atoms with Gasteiger partial charge in [0.25, 0.3) is 0 Å². The summed E-state index contributed by atoms with van der Waals surface area (Å²) in [5, 5.41) is 9.85. The van der Waals surface area contributed by atoms with Crippen LogP contribution in [0.2, 0.25) is 5.02 Å². The second kappa shape index (κ2) is 4.50. The lowest BCUT2D eigenvalue weighted by atomic mass is 10.0. The van der Waals surface area contributed by atoms with E-state index < -0.39 is 5.82 Å². The average Bonchev–Trinajstić information content (AvgIpc) is 2.95. The third-order valence-electron chi connectivity index (χ3n) is 2.76. The van der Waals surface area contributed by atoms with Crippen molar-refractivity contribution in [2.75, 3.05) is 0 Å². The van der Waals surface area contributed by atoms with Gasteiger partial charge in [-0.1, -0.05) is 30.5 Å². The third-order valence-corrected chi connectivity index (χ3v) is 3.06. The van der Waals surface area contributed by atoms with E-state index in [-0.39, 0.29) is 11.1 Å². The second-order valence-electron chi connectivity index (χ2n) is 4.29. The molecule has 1 aromatic rings. The fourth-order valence-corrected chi connectivity index (χ4v) is 1.88. The lowest BCUT2D eigenvalue weighted by molar-refractivity contribution is 0.158. The standard InChI is InChI=1S/C12H14ClFO/c13-11-4-3-9(7-12(11)14)6-10(15)5-8-1-2-8/h3-4,7-8,10,15H,1-2,5-6H2. The molecule has 15 heavy (non-hydrogen) atoms. The molecule has 1 unspecified atom stereocenters. The highest BCUT2D eigenvalue weighted by molar-refractivity contribution is 6.30. The maximum atomic E-state index is 13.1. The fraction of sp³-hybridized carbons (Fsp3) is 0.500. The molecule has 0 amide bonds. The van der Waals surface area contributed by atoms with Gasteiger partial charge in [-0.3, -0.25) is 0 Å². The molecule has 1 aromatic carbocycles. The molecule has 1 nitrogen and oxygen atoms in total. The van der Waals surface area contributed by atoms with Gasteiger partial charge in [0, 0.05) is 0 Å². The molecule has 1 N–H and O–H groups in total. The first-order valence-electron chi connectivity index (χ1n) is 5.27. The average molecular weight is 229 g/mol. The molecule has 0 radical (unpaired) electrons.